The lowest BCUT2D eigenvalue weighted by atomic mass is 10.3. The molecule has 0 heterocycles. The van der Waals surface area contributed by atoms with Crippen molar-refractivity contribution in [2.45, 2.75) is 20.3 Å². The van der Waals surface area contributed by atoms with Gasteiger partial charge in [-0.3, -0.25) is 4.57 Å². The van der Waals surface area contributed by atoms with Crippen molar-refractivity contribution in [3.63, 3.8) is 0 Å². The third-order valence-electron chi connectivity index (χ3n) is 1.24. The molecule has 0 fully saturated rings. The van der Waals surface area contributed by atoms with E-state index in [2.05, 4.69) is 4.31 Å². The van der Waals surface area contributed by atoms with Crippen LogP contribution in [0.1, 0.15) is 20.3 Å². The first-order valence-corrected chi connectivity index (χ1v) is 7.20. The zero-order valence-electron chi connectivity index (χ0n) is 7.95. The minimum Gasteiger partial charge on any atom is -0.324 e. The van der Waals surface area contributed by atoms with Crippen molar-refractivity contribution in [3.8, 4) is 0 Å². The van der Waals surface area contributed by atoms with Crippen molar-refractivity contribution >= 4 is 15.4 Å². The molecule has 0 radical (unpaired) electrons. The Bertz CT molecular complexity index is 303. The van der Waals surface area contributed by atoms with Gasteiger partial charge in [0, 0.05) is 0 Å². The first-order chi connectivity index (χ1) is 6.16. The first-order valence-electron chi connectivity index (χ1n) is 3.90. The molecular formula is C6H14O6P2. The van der Waals surface area contributed by atoms with Gasteiger partial charge in [-0.05, 0) is 13.3 Å². The fraction of sp³-hybridized carbons (Fsp3) is 0.667. The lowest BCUT2D eigenvalue weighted by Crippen LogP contribution is -1.94. The van der Waals surface area contributed by atoms with Crippen LogP contribution in [0.5, 0.6) is 0 Å². The number of allylic oxidation sites excluding steroid dienone is 2. The van der Waals surface area contributed by atoms with Gasteiger partial charge >= 0.3 is 15.4 Å². The highest BCUT2D eigenvalue weighted by Gasteiger charge is 2.30. The van der Waals surface area contributed by atoms with E-state index in [-0.39, 0.29) is 6.16 Å². The van der Waals surface area contributed by atoms with E-state index in [4.69, 9.17) is 14.7 Å². The molecule has 0 rings (SSSR count). The number of hydrogen-bond acceptors (Lipinski definition) is 3. The van der Waals surface area contributed by atoms with Crippen molar-refractivity contribution in [1.82, 2.24) is 0 Å². The lowest BCUT2D eigenvalue weighted by molar-refractivity contribution is 0.264. The van der Waals surface area contributed by atoms with Crippen LogP contribution in [0.25, 0.3) is 0 Å². The molecule has 3 N–H and O–H groups in total. The maximum absolute atomic E-state index is 11.1. The number of hydrogen-bond donors (Lipinski definition) is 3. The number of phosphoric acid groups is 1. The van der Waals surface area contributed by atoms with Crippen LogP contribution < -0.4 is 0 Å². The molecule has 0 aliphatic heterocycles. The van der Waals surface area contributed by atoms with Gasteiger partial charge in [0.25, 0.3) is 0 Å². The smallest absolute Gasteiger partial charge is 0.324 e. The molecule has 0 saturated heterocycles. The Labute approximate surface area is 82.4 Å². The maximum atomic E-state index is 11.1. The fourth-order valence-corrected chi connectivity index (χ4v) is 3.24. The Hall–Kier alpha value is 0.0400. The van der Waals surface area contributed by atoms with E-state index in [1.165, 1.54) is 0 Å². The zero-order valence-corrected chi connectivity index (χ0v) is 9.74. The molecular weight excluding hydrogens is 230 g/mol. The largest absolute Gasteiger partial charge is 0.476 e. The van der Waals surface area contributed by atoms with Crippen LogP contribution in [0.15, 0.2) is 11.6 Å². The van der Waals surface area contributed by atoms with Crippen LogP contribution >= 0.6 is 15.4 Å². The van der Waals surface area contributed by atoms with Gasteiger partial charge in [-0.25, -0.2) is 8.88 Å². The van der Waals surface area contributed by atoms with E-state index in [1.54, 1.807) is 13.0 Å². The Morgan fingerprint density at radius 1 is 1.36 bits per heavy atom. The van der Waals surface area contributed by atoms with Gasteiger partial charge in [0.05, 0.1) is 6.16 Å². The molecule has 1 unspecified atom stereocenters. The van der Waals surface area contributed by atoms with E-state index in [1.807, 2.05) is 6.92 Å². The van der Waals surface area contributed by atoms with Gasteiger partial charge in [-0.15, -0.1) is 0 Å². The summed E-state index contributed by atoms with van der Waals surface area (Å²) in [5.74, 6) is 0. The Morgan fingerprint density at radius 2 is 1.86 bits per heavy atom. The predicted molar refractivity (Wildman–Crippen MR) is 51.9 cm³/mol. The minimum atomic E-state index is -4.90. The van der Waals surface area contributed by atoms with Gasteiger partial charge in [0.1, 0.15) is 0 Å². The molecule has 0 spiro atoms. The van der Waals surface area contributed by atoms with Crippen molar-refractivity contribution in [1.29, 1.82) is 0 Å². The summed E-state index contributed by atoms with van der Waals surface area (Å²) in [6, 6.07) is 0. The highest BCUT2D eigenvalue weighted by atomic mass is 31.3. The summed E-state index contributed by atoms with van der Waals surface area (Å²) >= 11 is 0. The van der Waals surface area contributed by atoms with Crippen LogP contribution in [0.3, 0.4) is 0 Å². The molecule has 0 aromatic heterocycles. The van der Waals surface area contributed by atoms with Crippen molar-refractivity contribution in [3.05, 3.63) is 11.6 Å². The first kappa shape index (κ1) is 14.0. The van der Waals surface area contributed by atoms with Crippen LogP contribution in [-0.2, 0) is 13.4 Å². The molecule has 0 aliphatic rings. The molecule has 0 amide bonds. The molecule has 1 atom stereocenters. The van der Waals surface area contributed by atoms with E-state index >= 15 is 0 Å². The van der Waals surface area contributed by atoms with Crippen LogP contribution in [0, 0.1) is 0 Å². The normalized spacial score (nSPS) is 17.9. The molecule has 14 heavy (non-hydrogen) atoms. The summed E-state index contributed by atoms with van der Waals surface area (Å²) in [4.78, 5) is 25.7. The van der Waals surface area contributed by atoms with E-state index in [9.17, 15) is 9.13 Å². The van der Waals surface area contributed by atoms with E-state index < -0.39 is 15.4 Å². The molecule has 0 aliphatic carbocycles. The molecule has 0 bridgehead atoms. The second kappa shape index (κ2) is 5.21. The highest BCUT2D eigenvalue weighted by molar-refractivity contribution is 7.63. The average molecular weight is 244 g/mol. The van der Waals surface area contributed by atoms with Crippen molar-refractivity contribution in [2.75, 3.05) is 6.16 Å². The van der Waals surface area contributed by atoms with Crippen LogP contribution in [0.2, 0.25) is 0 Å². The lowest BCUT2D eigenvalue weighted by Gasteiger charge is -2.12. The summed E-state index contributed by atoms with van der Waals surface area (Å²) < 4.78 is 25.2. The van der Waals surface area contributed by atoms with Crippen molar-refractivity contribution < 1.29 is 28.1 Å². The fourth-order valence-electron chi connectivity index (χ4n) is 0.923. The van der Waals surface area contributed by atoms with E-state index in [0.29, 0.717) is 12.0 Å². The molecule has 8 heteroatoms. The highest BCUT2D eigenvalue weighted by Crippen LogP contribution is 2.57. The summed E-state index contributed by atoms with van der Waals surface area (Å²) in [6.45, 7) is 3.44. The zero-order chi connectivity index (χ0) is 11.4. The average Bonchev–Trinajstić information content (AvgIpc) is 1.78. The summed E-state index contributed by atoms with van der Waals surface area (Å²) in [7, 11) is -9.13. The monoisotopic (exact) mass is 244 g/mol. The summed E-state index contributed by atoms with van der Waals surface area (Å²) in [5.41, 5.74) is 0.562. The molecule has 0 aromatic carbocycles. The van der Waals surface area contributed by atoms with Gasteiger partial charge < -0.3 is 14.7 Å². The topological polar surface area (TPSA) is 104 Å². The second-order valence-corrected chi connectivity index (χ2v) is 6.05. The molecule has 84 valence electrons. The van der Waals surface area contributed by atoms with Crippen molar-refractivity contribution in [2.24, 2.45) is 0 Å². The van der Waals surface area contributed by atoms with Crippen LogP contribution in [-0.4, -0.2) is 20.8 Å². The Morgan fingerprint density at radius 3 is 2.21 bits per heavy atom. The quantitative estimate of drug-likeness (QED) is 0.501. The third kappa shape index (κ3) is 7.44. The summed E-state index contributed by atoms with van der Waals surface area (Å²) in [6.07, 6.45) is 2.00. The third-order valence-corrected chi connectivity index (χ3v) is 4.01. The van der Waals surface area contributed by atoms with Gasteiger partial charge in [0.2, 0.25) is 0 Å². The van der Waals surface area contributed by atoms with Gasteiger partial charge in [0.15, 0.2) is 0 Å². The second-order valence-electron chi connectivity index (χ2n) is 2.83. The van der Waals surface area contributed by atoms with Gasteiger partial charge in [-0.1, -0.05) is 18.6 Å². The predicted octanol–water partition coefficient (Wildman–Crippen LogP) is 1.64. The number of rotatable bonds is 5. The Balaban J connectivity index is 4.44. The molecule has 0 saturated carbocycles. The SMILES string of the molecule is CC/C=C(\C)CP(=O)(O)OP(=O)(O)O. The molecule has 6 nitrogen and oxygen atoms in total. The maximum Gasteiger partial charge on any atom is 0.476 e. The summed E-state index contributed by atoms with van der Waals surface area (Å²) in [5, 5.41) is 0. The minimum absolute atomic E-state index is 0.369. The van der Waals surface area contributed by atoms with E-state index in [0.717, 1.165) is 0 Å². The Kier molecular flexibility index (Phi) is 5.23. The standard InChI is InChI=1S/C6H14O6P2/c1-3-4-6(2)5-13(7,8)12-14(9,10)11/h4H,3,5H2,1-2H3,(H,7,8)(H2,9,10,11)/b6-4+. The van der Waals surface area contributed by atoms with Gasteiger partial charge in [-0.2, -0.15) is 0 Å². The van der Waals surface area contributed by atoms with Crippen LogP contribution in [0.4, 0.5) is 0 Å². The molecule has 0 aromatic rings.